The molecule has 1 aromatic carbocycles. The van der Waals surface area contributed by atoms with Crippen LogP contribution in [0, 0.1) is 0 Å². The maximum atomic E-state index is 3.69. The second-order valence-corrected chi connectivity index (χ2v) is 5.52. The minimum Gasteiger partial charge on any atom is -0.369 e. The molecule has 0 aliphatic heterocycles. The Morgan fingerprint density at radius 1 is 1.05 bits per heavy atom. The van der Waals surface area contributed by atoms with Gasteiger partial charge in [0.25, 0.3) is 0 Å². The van der Waals surface area contributed by atoms with Gasteiger partial charge in [-0.15, -0.1) is 0 Å². The van der Waals surface area contributed by atoms with Crippen molar-refractivity contribution in [1.82, 2.24) is 5.32 Å². The summed E-state index contributed by atoms with van der Waals surface area (Å²) in [5, 5.41) is 3.69. The highest BCUT2D eigenvalue weighted by atomic mass is 15.2. The number of benzene rings is 1. The van der Waals surface area contributed by atoms with E-state index in [4.69, 9.17) is 0 Å². The van der Waals surface area contributed by atoms with Crippen molar-refractivity contribution in [2.45, 2.75) is 66.0 Å². The standard InChI is InChI=1S/C18H32N2/c1-6-14-19-17(8-3)16-12-10-11-13-18(16)20(9-4)15(5)7-2/h10-13,15,17,19H,6-9,14H2,1-5H3. The van der Waals surface area contributed by atoms with E-state index >= 15 is 0 Å². The molecule has 2 nitrogen and oxygen atoms in total. The summed E-state index contributed by atoms with van der Waals surface area (Å²) in [6, 6.07) is 9.95. The summed E-state index contributed by atoms with van der Waals surface area (Å²) in [6.45, 7) is 13.5. The van der Waals surface area contributed by atoms with Gasteiger partial charge in [0.2, 0.25) is 0 Å². The zero-order valence-corrected chi connectivity index (χ0v) is 13.9. The lowest BCUT2D eigenvalue weighted by molar-refractivity contribution is 0.514. The Morgan fingerprint density at radius 2 is 1.75 bits per heavy atom. The van der Waals surface area contributed by atoms with E-state index in [9.17, 15) is 0 Å². The highest BCUT2D eigenvalue weighted by Gasteiger charge is 2.18. The van der Waals surface area contributed by atoms with E-state index in [2.05, 4.69) is 69.1 Å². The van der Waals surface area contributed by atoms with Gasteiger partial charge in [0.05, 0.1) is 0 Å². The Hall–Kier alpha value is -1.02. The largest absolute Gasteiger partial charge is 0.369 e. The van der Waals surface area contributed by atoms with Gasteiger partial charge in [0.1, 0.15) is 0 Å². The second kappa shape index (κ2) is 9.02. The van der Waals surface area contributed by atoms with Crippen molar-refractivity contribution in [1.29, 1.82) is 0 Å². The molecular weight excluding hydrogens is 244 g/mol. The van der Waals surface area contributed by atoms with Gasteiger partial charge < -0.3 is 10.2 Å². The first-order valence-electron chi connectivity index (χ1n) is 8.28. The lowest BCUT2D eigenvalue weighted by Crippen LogP contribution is -2.34. The Morgan fingerprint density at radius 3 is 2.30 bits per heavy atom. The quantitative estimate of drug-likeness (QED) is 0.699. The van der Waals surface area contributed by atoms with Crippen molar-refractivity contribution < 1.29 is 0 Å². The van der Waals surface area contributed by atoms with E-state index in [0.29, 0.717) is 12.1 Å². The van der Waals surface area contributed by atoms with Gasteiger partial charge in [0.15, 0.2) is 0 Å². The van der Waals surface area contributed by atoms with E-state index in [1.807, 2.05) is 0 Å². The molecule has 0 saturated carbocycles. The van der Waals surface area contributed by atoms with Crippen molar-refractivity contribution >= 4 is 5.69 Å². The molecule has 0 saturated heterocycles. The monoisotopic (exact) mass is 276 g/mol. The fraction of sp³-hybridized carbons (Fsp3) is 0.667. The van der Waals surface area contributed by atoms with Crippen LogP contribution >= 0.6 is 0 Å². The molecule has 114 valence electrons. The maximum absolute atomic E-state index is 3.69. The summed E-state index contributed by atoms with van der Waals surface area (Å²) in [7, 11) is 0. The zero-order chi connectivity index (χ0) is 15.0. The maximum Gasteiger partial charge on any atom is 0.0417 e. The van der Waals surface area contributed by atoms with E-state index in [0.717, 1.165) is 19.5 Å². The van der Waals surface area contributed by atoms with Crippen molar-refractivity contribution in [3.8, 4) is 0 Å². The number of hydrogen-bond donors (Lipinski definition) is 1. The molecule has 0 spiro atoms. The number of para-hydroxylation sites is 1. The van der Waals surface area contributed by atoms with Crippen molar-refractivity contribution in [3.63, 3.8) is 0 Å². The third-order valence-electron chi connectivity index (χ3n) is 4.13. The summed E-state index contributed by atoms with van der Waals surface area (Å²) < 4.78 is 0. The fourth-order valence-corrected chi connectivity index (χ4v) is 2.78. The Bertz CT molecular complexity index is 375. The Labute approximate surface area is 125 Å². The first-order valence-corrected chi connectivity index (χ1v) is 8.28. The third kappa shape index (κ3) is 4.24. The summed E-state index contributed by atoms with van der Waals surface area (Å²) in [4.78, 5) is 2.53. The SMILES string of the molecule is CCCNC(CC)c1ccccc1N(CC)C(C)CC. The lowest BCUT2D eigenvalue weighted by atomic mass is 10.00. The molecule has 0 amide bonds. The molecule has 1 aromatic rings. The number of rotatable bonds is 9. The van der Waals surface area contributed by atoms with Crippen LogP contribution in [0.1, 0.15) is 65.5 Å². The number of hydrogen-bond acceptors (Lipinski definition) is 2. The average molecular weight is 276 g/mol. The van der Waals surface area contributed by atoms with Crippen molar-refractivity contribution in [3.05, 3.63) is 29.8 Å². The Kier molecular flexibility index (Phi) is 7.68. The van der Waals surface area contributed by atoms with Gasteiger partial charge in [-0.2, -0.15) is 0 Å². The van der Waals surface area contributed by atoms with Gasteiger partial charge in [-0.05, 0) is 51.3 Å². The van der Waals surface area contributed by atoms with Crippen LogP contribution in [-0.4, -0.2) is 19.1 Å². The summed E-state index contributed by atoms with van der Waals surface area (Å²) >= 11 is 0. The molecule has 0 radical (unpaired) electrons. The van der Waals surface area contributed by atoms with Crippen molar-refractivity contribution in [2.75, 3.05) is 18.0 Å². The van der Waals surface area contributed by atoms with Crippen LogP contribution in [-0.2, 0) is 0 Å². The van der Waals surface area contributed by atoms with E-state index < -0.39 is 0 Å². The van der Waals surface area contributed by atoms with E-state index in [-0.39, 0.29) is 0 Å². The molecule has 20 heavy (non-hydrogen) atoms. The molecule has 0 aliphatic carbocycles. The summed E-state index contributed by atoms with van der Waals surface area (Å²) in [5.41, 5.74) is 2.85. The lowest BCUT2D eigenvalue weighted by Gasteiger charge is -2.33. The van der Waals surface area contributed by atoms with Gasteiger partial charge in [-0.25, -0.2) is 0 Å². The predicted octanol–water partition coefficient (Wildman–Crippen LogP) is 4.76. The average Bonchev–Trinajstić information content (AvgIpc) is 2.49. The molecule has 0 aromatic heterocycles. The van der Waals surface area contributed by atoms with Gasteiger partial charge in [-0.3, -0.25) is 0 Å². The number of nitrogens with zero attached hydrogens (tertiary/aromatic N) is 1. The summed E-state index contributed by atoms with van der Waals surface area (Å²) in [6.07, 6.45) is 3.50. The zero-order valence-electron chi connectivity index (χ0n) is 13.9. The van der Waals surface area contributed by atoms with Crippen LogP contribution < -0.4 is 10.2 Å². The van der Waals surface area contributed by atoms with Gasteiger partial charge in [0, 0.05) is 24.3 Å². The van der Waals surface area contributed by atoms with Crippen LogP contribution in [0.5, 0.6) is 0 Å². The van der Waals surface area contributed by atoms with Crippen LogP contribution in [0.4, 0.5) is 5.69 Å². The molecular formula is C18H32N2. The van der Waals surface area contributed by atoms with Gasteiger partial charge >= 0.3 is 0 Å². The van der Waals surface area contributed by atoms with E-state index in [1.165, 1.54) is 24.1 Å². The van der Waals surface area contributed by atoms with Crippen LogP contribution in [0.25, 0.3) is 0 Å². The van der Waals surface area contributed by atoms with Crippen molar-refractivity contribution in [2.24, 2.45) is 0 Å². The molecule has 0 heterocycles. The molecule has 2 heteroatoms. The molecule has 1 rings (SSSR count). The van der Waals surface area contributed by atoms with Crippen LogP contribution in [0.15, 0.2) is 24.3 Å². The second-order valence-electron chi connectivity index (χ2n) is 5.52. The first-order chi connectivity index (χ1) is 9.69. The van der Waals surface area contributed by atoms with Gasteiger partial charge in [-0.1, -0.05) is 39.0 Å². The Balaban J connectivity index is 3.07. The minimum absolute atomic E-state index is 0.462. The molecule has 1 N–H and O–H groups in total. The smallest absolute Gasteiger partial charge is 0.0417 e. The minimum atomic E-state index is 0.462. The summed E-state index contributed by atoms with van der Waals surface area (Å²) in [5.74, 6) is 0. The number of anilines is 1. The molecule has 0 bridgehead atoms. The highest BCUT2D eigenvalue weighted by molar-refractivity contribution is 5.55. The van der Waals surface area contributed by atoms with Crippen LogP contribution in [0.3, 0.4) is 0 Å². The van der Waals surface area contributed by atoms with Crippen LogP contribution in [0.2, 0.25) is 0 Å². The highest BCUT2D eigenvalue weighted by Crippen LogP contribution is 2.30. The molecule has 2 atom stereocenters. The fourth-order valence-electron chi connectivity index (χ4n) is 2.78. The number of nitrogens with one attached hydrogen (secondary N) is 1. The molecule has 2 unspecified atom stereocenters. The topological polar surface area (TPSA) is 15.3 Å². The first kappa shape index (κ1) is 17.0. The predicted molar refractivity (Wildman–Crippen MR) is 90.5 cm³/mol. The van der Waals surface area contributed by atoms with E-state index in [1.54, 1.807) is 0 Å². The molecule has 0 fully saturated rings. The third-order valence-corrected chi connectivity index (χ3v) is 4.13. The molecule has 0 aliphatic rings. The normalized spacial score (nSPS) is 14.1.